The van der Waals surface area contributed by atoms with Crippen molar-refractivity contribution >= 4 is 17.3 Å². The zero-order valence-electron chi connectivity index (χ0n) is 14.1. The van der Waals surface area contributed by atoms with E-state index in [1.54, 1.807) is 17.1 Å². The fourth-order valence-electron chi connectivity index (χ4n) is 3.25. The van der Waals surface area contributed by atoms with E-state index in [1.807, 2.05) is 12.4 Å². The lowest BCUT2D eigenvalue weighted by molar-refractivity contribution is -0.124. The van der Waals surface area contributed by atoms with Crippen LogP contribution in [-0.2, 0) is 9.53 Å². The molecule has 0 saturated carbocycles. The smallest absolute Gasteiger partial charge is 0.253 e. The van der Waals surface area contributed by atoms with E-state index in [2.05, 4.69) is 25.3 Å². The maximum Gasteiger partial charge on any atom is 0.253 e. The summed E-state index contributed by atoms with van der Waals surface area (Å²) < 4.78 is 6.94. The standard InChI is InChI=1S/C17H22N6O2/c24-16(15-5-4-8-25-15)21-13-9-20-23(12-13)17-18-10-14(11-19-17)22-6-2-1-3-7-22/h9-12,15H,1-8H2,(H,21,24). The molecule has 0 bridgehead atoms. The summed E-state index contributed by atoms with van der Waals surface area (Å²) in [4.78, 5) is 23.2. The summed E-state index contributed by atoms with van der Waals surface area (Å²) in [5, 5.41) is 7.06. The van der Waals surface area contributed by atoms with Gasteiger partial charge in [-0.05, 0) is 32.1 Å². The van der Waals surface area contributed by atoms with Gasteiger partial charge in [0.25, 0.3) is 11.9 Å². The number of nitrogens with one attached hydrogen (secondary N) is 1. The minimum absolute atomic E-state index is 0.126. The van der Waals surface area contributed by atoms with E-state index in [9.17, 15) is 4.79 Å². The second-order valence-electron chi connectivity index (χ2n) is 6.45. The van der Waals surface area contributed by atoms with Crippen LogP contribution in [0.1, 0.15) is 32.1 Å². The Labute approximate surface area is 146 Å². The highest BCUT2D eigenvalue weighted by molar-refractivity contribution is 5.94. The molecular weight excluding hydrogens is 320 g/mol. The molecule has 4 rings (SSSR count). The molecule has 2 aromatic heterocycles. The van der Waals surface area contributed by atoms with Crippen molar-refractivity contribution < 1.29 is 9.53 Å². The molecule has 2 fully saturated rings. The molecule has 25 heavy (non-hydrogen) atoms. The maximum atomic E-state index is 12.1. The number of hydrogen-bond donors (Lipinski definition) is 1. The molecule has 8 heteroatoms. The van der Waals surface area contributed by atoms with Gasteiger partial charge < -0.3 is 15.0 Å². The Bertz CT molecular complexity index is 717. The molecular formula is C17H22N6O2. The van der Waals surface area contributed by atoms with E-state index in [0.29, 0.717) is 18.2 Å². The van der Waals surface area contributed by atoms with E-state index < -0.39 is 0 Å². The van der Waals surface area contributed by atoms with Crippen molar-refractivity contribution in [1.29, 1.82) is 0 Å². The highest BCUT2D eigenvalue weighted by Crippen LogP contribution is 2.19. The van der Waals surface area contributed by atoms with Crippen LogP contribution in [-0.4, -0.2) is 51.5 Å². The number of amides is 1. The van der Waals surface area contributed by atoms with E-state index in [1.165, 1.54) is 19.3 Å². The minimum Gasteiger partial charge on any atom is -0.369 e. The Morgan fingerprint density at radius 2 is 1.92 bits per heavy atom. The number of hydrogen-bond acceptors (Lipinski definition) is 6. The van der Waals surface area contributed by atoms with Gasteiger partial charge in [0.1, 0.15) is 6.10 Å². The quantitative estimate of drug-likeness (QED) is 0.911. The van der Waals surface area contributed by atoms with Crippen LogP contribution in [0.15, 0.2) is 24.8 Å². The number of nitrogens with zero attached hydrogens (tertiary/aromatic N) is 5. The van der Waals surface area contributed by atoms with E-state index in [0.717, 1.165) is 31.6 Å². The van der Waals surface area contributed by atoms with Gasteiger partial charge in [0.05, 0.1) is 36.2 Å². The Kier molecular flexibility index (Phi) is 4.60. The Balaban J connectivity index is 1.41. The molecule has 0 aromatic carbocycles. The van der Waals surface area contributed by atoms with Gasteiger partial charge >= 0.3 is 0 Å². The first-order chi connectivity index (χ1) is 12.3. The first-order valence-corrected chi connectivity index (χ1v) is 8.84. The number of carbonyl (C=O) groups is 1. The normalized spacial score (nSPS) is 20.6. The summed E-state index contributed by atoms with van der Waals surface area (Å²) in [6.07, 6.45) is 12.0. The van der Waals surface area contributed by atoms with Crippen molar-refractivity contribution in [3.8, 4) is 5.95 Å². The zero-order chi connectivity index (χ0) is 17.1. The summed E-state index contributed by atoms with van der Waals surface area (Å²) in [7, 11) is 0. The third-order valence-electron chi connectivity index (χ3n) is 4.62. The van der Waals surface area contributed by atoms with Crippen LogP contribution in [0.4, 0.5) is 11.4 Å². The number of piperidine rings is 1. The molecule has 2 aromatic rings. The average molecular weight is 342 g/mol. The van der Waals surface area contributed by atoms with Crippen LogP contribution in [0.25, 0.3) is 5.95 Å². The van der Waals surface area contributed by atoms with Crippen LogP contribution >= 0.6 is 0 Å². The second-order valence-corrected chi connectivity index (χ2v) is 6.45. The Morgan fingerprint density at radius 3 is 2.64 bits per heavy atom. The molecule has 0 spiro atoms. The van der Waals surface area contributed by atoms with Crippen molar-refractivity contribution in [3.63, 3.8) is 0 Å². The zero-order valence-corrected chi connectivity index (χ0v) is 14.1. The predicted octanol–water partition coefficient (Wildman–Crippen LogP) is 1.77. The topological polar surface area (TPSA) is 85.2 Å². The molecule has 2 aliphatic heterocycles. The third kappa shape index (κ3) is 3.63. The first-order valence-electron chi connectivity index (χ1n) is 8.84. The summed E-state index contributed by atoms with van der Waals surface area (Å²) in [6, 6.07) is 0. The Morgan fingerprint density at radius 1 is 1.12 bits per heavy atom. The van der Waals surface area contributed by atoms with Gasteiger partial charge in [-0.25, -0.2) is 14.6 Å². The van der Waals surface area contributed by atoms with Gasteiger partial charge in [-0.15, -0.1) is 0 Å². The Hall–Kier alpha value is -2.48. The predicted molar refractivity (Wildman–Crippen MR) is 92.8 cm³/mol. The van der Waals surface area contributed by atoms with Gasteiger partial charge in [0, 0.05) is 19.7 Å². The van der Waals surface area contributed by atoms with Crippen LogP contribution in [0.3, 0.4) is 0 Å². The van der Waals surface area contributed by atoms with Gasteiger partial charge in [0.15, 0.2) is 0 Å². The molecule has 1 atom stereocenters. The summed E-state index contributed by atoms with van der Waals surface area (Å²) >= 11 is 0. The van der Waals surface area contributed by atoms with E-state index in [4.69, 9.17) is 4.74 Å². The summed E-state index contributed by atoms with van der Waals surface area (Å²) in [6.45, 7) is 2.77. The van der Waals surface area contributed by atoms with E-state index in [-0.39, 0.29) is 12.0 Å². The van der Waals surface area contributed by atoms with Crippen molar-refractivity contribution in [1.82, 2.24) is 19.7 Å². The molecule has 0 aliphatic carbocycles. The molecule has 1 N–H and O–H groups in total. The first kappa shape index (κ1) is 16.0. The number of rotatable bonds is 4. The van der Waals surface area contributed by atoms with Crippen LogP contribution in [0, 0.1) is 0 Å². The molecule has 2 aliphatic rings. The van der Waals surface area contributed by atoms with E-state index >= 15 is 0 Å². The molecule has 1 amide bonds. The lowest BCUT2D eigenvalue weighted by Gasteiger charge is -2.28. The average Bonchev–Trinajstić information content (AvgIpc) is 3.35. The number of anilines is 2. The summed E-state index contributed by atoms with van der Waals surface area (Å²) in [5.41, 5.74) is 1.66. The number of aromatic nitrogens is 4. The molecule has 1 unspecified atom stereocenters. The highest BCUT2D eigenvalue weighted by atomic mass is 16.5. The van der Waals surface area contributed by atoms with Crippen molar-refractivity contribution in [2.24, 2.45) is 0 Å². The minimum atomic E-state index is -0.358. The largest absolute Gasteiger partial charge is 0.369 e. The second kappa shape index (κ2) is 7.18. The lowest BCUT2D eigenvalue weighted by Crippen LogP contribution is -2.29. The van der Waals surface area contributed by atoms with Crippen molar-refractivity contribution in [2.75, 3.05) is 29.9 Å². The number of carbonyl (C=O) groups excluding carboxylic acids is 1. The van der Waals surface area contributed by atoms with Gasteiger partial charge in [0.2, 0.25) is 0 Å². The maximum absolute atomic E-state index is 12.1. The molecule has 4 heterocycles. The monoisotopic (exact) mass is 342 g/mol. The van der Waals surface area contributed by atoms with Crippen molar-refractivity contribution in [3.05, 3.63) is 24.8 Å². The SMILES string of the molecule is O=C(Nc1cnn(-c2ncc(N3CCCCC3)cn2)c1)C1CCCO1. The van der Waals surface area contributed by atoms with Gasteiger partial charge in [-0.2, -0.15) is 5.10 Å². The van der Waals surface area contributed by atoms with Crippen molar-refractivity contribution in [2.45, 2.75) is 38.2 Å². The summed E-state index contributed by atoms with van der Waals surface area (Å²) in [5.74, 6) is 0.358. The van der Waals surface area contributed by atoms with Crippen LogP contribution < -0.4 is 10.2 Å². The fraction of sp³-hybridized carbons (Fsp3) is 0.529. The van der Waals surface area contributed by atoms with Crippen LogP contribution in [0.2, 0.25) is 0 Å². The van der Waals surface area contributed by atoms with Gasteiger partial charge in [-0.1, -0.05) is 0 Å². The molecule has 8 nitrogen and oxygen atoms in total. The van der Waals surface area contributed by atoms with Gasteiger partial charge in [-0.3, -0.25) is 4.79 Å². The molecule has 132 valence electrons. The van der Waals surface area contributed by atoms with Crippen LogP contribution in [0.5, 0.6) is 0 Å². The number of ether oxygens (including phenoxy) is 1. The highest BCUT2D eigenvalue weighted by Gasteiger charge is 2.24. The lowest BCUT2D eigenvalue weighted by atomic mass is 10.1. The third-order valence-corrected chi connectivity index (χ3v) is 4.62. The molecule has 0 radical (unpaired) electrons. The molecule has 2 saturated heterocycles. The fourth-order valence-corrected chi connectivity index (χ4v) is 3.25.